The fourth-order valence-electron chi connectivity index (χ4n) is 9.94. The minimum absolute atomic E-state index is 0.0409. The van der Waals surface area contributed by atoms with Crippen LogP contribution in [0.1, 0.15) is 56.3 Å². The van der Waals surface area contributed by atoms with Crippen molar-refractivity contribution >= 4 is 82.1 Å². The molecule has 4 atom stereocenters. The smallest absolute Gasteiger partial charge is 0.252 e. The molecule has 2 amide bonds. The van der Waals surface area contributed by atoms with E-state index in [1.54, 1.807) is 24.6 Å². The SMILES string of the molecule is CN1Cc2c(Cl)cc(Cl)cc2C(c2cccc(C(C=NCCOCCOCCOCCOCCOCCNC(=O)[C@H](O)[C@@H](O)C(=O)NCCOCCOCCOCCOCCOCCN=CC(=NN)c3cccc([C@@H]4CN(C)Cc5c(Cl)cc(Cl)cc54)c3)=NN)c2)C1. The van der Waals surface area contributed by atoms with Gasteiger partial charge in [0, 0.05) is 94.8 Å². The molecular weight excluding hydrogens is 1270 g/mol. The molecule has 24 nitrogen and oxygen atoms in total. The van der Waals surface area contributed by atoms with Gasteiger partial charge in [0.05, 0.1) is 145 Å². The maximum Gasteiger partial charge on any atom is 0.252 e. The van der Waals surface area contributed by atoms with Crippen molar-refractivity contribution in [3.8, 4) is 0 Å². The first kappa shape index (κ1) is 75.7. The fraction of sp³-hybridized carbons (Fsp3) is 0.531. The highest BCUT2D eigenvalue weighted by Gasteiger charge is 2.31. The molecule has 0 spiro atoms. The van der Waals surface area contributed by atoms with Gasteiger partial charge in [0.2, 0.25) is 0 Å². The number of ether oxygens (including phenoxy) is 10. The number of nitrogens with one attached hydrogen (secondary N) is 2. The molecule has 0 saturated carbocycles. The number of amides is 2. The molecule has 8 N–H and O–H groups in total. The molecule has 0 fully saturated rings. The minimum Gasteiger partial charge on any atom is -0.380 e. The van der Waals surface area contributed by atoms with Gasteiger partial charge in [0.25, 0.3) is 11.8 Å². The molecule has 6 rings (SSSR count). The Labute approximate surface area is 558 Å². The number of nitrogens with zero attached hydrogens (tertiary/aromatic N) is 6. The maximum atomic E-state index is 12.3. The van der Waals surface area contributed by atoms with Crippen molar-refractivity contribution < 1.29 is 67.2 Å². The minimum atomic E-state index is -1.98. The first-order valence-electron chi connectivity index (χ1n) is 30.6. The van der Waals surface area contributed by atoms with E-state index in [0.717, 1.165) is 70.7 Å². The quantitative estimate of drug-likeness (QED) is 0.0151. The highest BCUT2D eigenvalue weighted by Crippen LogP contribution is 2.40. The van der Waals surface area contributed by atoms with Crippen LogP contribution in [0.2, 0.25) is 20.1 Å². The number of rotatable bonds is 45. The Morgan fingerprint density at radius 3 is 1.14 bits per heavy atom. The second-order valence-electron chi connectivity index (χ2n) is 21.4. The van der Waals surface area contributed by atoms with Gasteiger partial charge < -0.3 is 89.7 Å². The summed E-state index contributed by atoms with van der Waals surface area (Å²) in [5.41, 5.74) is 9.45. The number of halogens is 4. The van der Waals surface area contributed by atoms with Crippen LogP contribution in [0.5, 0.6) is 0 Å². The summed E-state index contributed by atoms with van der Waals surface area (Å²) in [7, 11) is 4.15. The van der Waals surface area contributed by atoms with Crippen LogP contribution in [-0.2, 0) is 70.0 Å². The van der Waals surface area contributed by atoms with E-state index in [9.17, 15) is 19.8 Å². The molecular formula is C64H88Cl4N10O14. The van der Waals surface area contributed by atoms with E-state index < -0.39 is 24.0 Å². The van der Waals surface area contributed by atoms with Gasteiger partial charge in [-0.3, -0.25) is 19.6 Å². The molecule has 4 aromatic carbocycles. The number of aliphatic imine (C=N–C) groups is 2. The van der Waals surface area contributed by atoms with Crippen molar-refractivity contribution in [3.05, 3.63) is 137 Å². The van der Waals surface area contributed by atoms with Gasteiger partial charge in [-0.15, -0.1) is 0 Å². The normalized spacial score (nSPS) is 16.3. The van der Waals surface area contributed by atoms with Gasteiger partial charge in [-0.2, -0.15) is 10.2 Å². The number of likely N-dealkylation sites (N-methyl/N-ethyl adjacent to an activating group) is 2. The van der Waals surface area contributed by atoms with Crippen molar-refractivity contribution in [1.29, 1.82) is 0 Å². The number of aliphatic hydroxyl groups is 2. The molecule has 0 aromatic heterocycles. The number of carbonyl (C=O) groups excluding carboxylic acids is 2. The van der Waals surface area contributed by atoms with Gasteiger partial charge in [0.1, 0.15) is 11.4 Å². The molecule has 4 aromatic rings. The van der Waals surface area contributed by atoms with Crippen molar-refractivity contribution in [2.24, 2.45) is 31.9 Å². The summed E-state index contributed by atoms with van der Waals surface area (Å²) < 4.78 is 55.3. The maximum absolute atomic E-state index is 12.3. The Hall–Kier alpha value is -5.30. The standard InChI is InChI=1S/C64H88Cl4N10O14/c1-77-41-53(51-35-49(65)37-57(67)55(51)43-77)45-5-3-7-47(33-45)59(75-69)39-71-9-13-83-17-21-87-25-29-91-31-27-89-23-19-85-15-11-73-63(81)61(79)62(80)64(82)74-12-16-86-20-24-90-28-32-92-30-26-88-22-18-84-14-10-72-40-60(76-70)48-8-4-6-46(34-48)54-42-78(2)44-56-52(54)36-50(66)38-58(56)68/h3-8,33-40,53-54,61-62,79-80H,9-32,41-44,69-70H2,1-2H3,(H,73,81)(H,74,82)/t53-,54?,61+,62+/m0/s1. The van der Waals surface area contributed by atoms with E-state index in [1.807, 2.05) is 36.4 Å². The zero-order chi connectivity index (χ0) is 65.7. The number of aliphatic hydroxyl groups excluding tert-OH is 2. The van der Waals surface area contributed by atoms with Crippen LogP contribution in [0, 0.1) is 0 Å². The third-order valence-electron chi connectivity index (χ3n) is 14.5. The molecule has 2 aliphatic rings. The van der Waals surface area contributed by atoms with Crippen LogP contribution >= 0.6 is 46.4 Å². The van der Waals surface area contributed by atoms with Crippen molar-refractivity contribution in [3.63, 3.8) is 0 Å². The largest absolute Gasteiger partial charge is 0.380 e. The number of carbonyl (C=O) groups is 2. The van der Waals surface area contributed by atoms with Crippen LogP contribution in [0.4, 0.5) is 0 Å². The summed E-state index contributed by atoms with van der Waals surface area (Å²) in [6.07, 6.45) is -0.648. The van der Waals surface area contributed by atoms with E-state index in [1.165, 1.54) is 0 Å². The van der Waals surface area contributed by atoms with Crippen molar-refractivity contribution in [1.82, 2.24) is 20.4 Å². The Morgan fingerprint density at radius 2 is 0.815 bits per heavy atom. The van der Waals surface area contributed by atoms with Gasteiger partial charge in [-0.1, -0.05) is 82.8 Å². The zero-order valence-corrected chi connectivity index (χ0v) is 55.4. The fourth-order valence-corrected chi connectivity index (χ4v) is 11.1. The van der Waals surface area contributed by atoms with Crippen LogP contribution in [0.25, 0.3) is 0 Å². The summed E-state index contributed by atoms with van der Waals surface area (Å²) in [5, 5.41) is 35.7. The van der Waals surface area contributed by atoms with Crippen molar-refractivity contribution in [2.45, 2.75) is 37.1 Å². The van der Waals surface area contributed by atoms with Crippen LogP contribution in [0.3, 0.4) is 0 Å². The lowest BCUT2D eigenvalue weighted by Gasteiger charge is -2.33. The third-order valence-corrected chi connectivity index (χ3v) is 15.6. The van der Waals surface area contributed by atoms with E-state index in [2.05, 4.69) is 79.0 Å². The topological polar surface area (TPSA) is 299 Å². The molecule has 2 aliphatic heterocycles. The summed E-state index contributed by atoms with van der Waals surface area (Å²) >= 11 is 25.9. The van der Waals surface area contributed by atoms with E-state index in [4.69, 9.17) is 105 Å². The number of fused-ring (bicyclic) bond motifs is 2. The lowest BCUT2D eigenvalue weighted by molar-refractivity contribution is -0.146. The molecule has 0 aliphatic carbocycles. The number of hydrogen-bond donors (Lipinski definition) is 6. The molecule has 0 radical (unpaired) electrons. The third kappa shape index (κ3) is 26.8. The first-order chi connectivity index (χ1) is 44.8. The average Bonchev–Trinajstić information content (AvgIpc) is 0.811. The predicted octanol–water partition coefficient (Wildman–Crippen LogP) is 4.74. The Morgan fingerprint density at radius 1 is 0.500 bits per heavy atom. The number of hydrazone groups is 2. The molecule has 506 valence electrons. The first-order valence-corrected chi connectivity index (χ1v) is 32.1. The number of hydrogen-bond acceptors (Lipinski definition) is 22. The van der Waals surface area contributed by atoms with Gasteiger partial charge in [-0.25, -0.2) is 0 Å². The highest BCUT2D eigenvalue weighted by atomic mass is 35.5. The Bertz CT molecular complexity index is 2790. The number of benzene rings is 4. The second-order valence-corrected chi connectivity index (χ2v) is 23.0. The molecule has 28 heteroatoms. The summed E-state index contributed by atoms with van der Waals surface area (Å²) in [5.74, 6) is 9.87. The van der Waals surface area contributed by atoms with Gasteiger partial charge in [-0.05, 0) is 83.9 Å². The predicted molar refractivity (Wildman–Crippen MR) is 357 cm³/mol. The van der Waals surface area contributed by atoms with Gasteiger partial charge in [0.15, 0.2) is 12.2 Å². The average molecular weight is 1360 g/mol. The summed E-state index contributed by atoms with van der Waals surface area (Å²) in [6, 6.07) is 23.8. The molecule has 0 saturated heterocycles. The van der Waals surface area contributed by atoms with E-state index in [0.29, 0.717) is 150 Å². The summed E-state index contributed by atoms with van der Waals surface area (Å²) in [6.45, 7) is 10.8. The lowest BCUT2D eigenvalue weighted by atomic mass is 9.84. The van der Waals surface area contributed by atoms with E-state index in [-0.39, 0.29) is 51.4 Å². The summed E-state index contributed by atoms with van der Waals surface area (Å²) in [4.78, 5) is 38.0. The van der Waals surface area contributed by atoms with Gasteiger partial charge >= 0.3 is 0 Å². The molecule has 0 bridgehead atoms. The second kappa shape index (κ2) is 43.6. The molecule has 1 unspecified atom stereocenters. The van der Waals surface area contributed by atoms with Crippen LogP contribution < -0.4 is 22.3 Å². The van der Waals surface area contributed by atoms with Crippen LogP contribution in [0.15, 0.2) is 93.0 Å². The molecule has 92 heavy (non-hydrogen) atoms. The Kier molecular flexibility index (Phi) is 35.9. The Balaban J connectivity index is 0.649. The highest BCUT2D eigenvalue weighted by molar-refractivity contribution is 6.39. The molecule has 2 heterocycles. The van der Waals surface area contributed by atoms with Crippen molar-refractivity contribution in [2.75, 3.05) is 186 Å². The van der Waals surface area contributed by atoms with E-state index >= 15 is 0 Å². The lowest BCUT2D eigenvalue weighted by Crippen LogP contribution is -2.50. The number of nitrogens with two attached hydrogens (primary N) is 2. The zero-order valence-electron chi connectivity index (χ0n) is 52.3. The monoisotopic (exact) mass is 1360 g/mol. The van der Waals surface area contributed by atoms with Crippen LogP contribution in [-0.4, -0.2) is 253 Å².